The van der Waals surface area contributed by atoms with Gasteiger partial charge >= 0.3 is 0 Å². The molecule has 1 saturated carbocycles. The summed E-state index contributed by atoms with van der Waals surface area (Å²) in [7, 11) is 0. The SMILES string of the molecule is CCN(CC)C(=O)Cn1ccc2cc(NC(=O)CNC(=O)CCC3CCCC3)ccc21. The third kappa shape index (κ3) is 6.32. The van der Waals surface area contributed by atoms with E-state index in [-0.39, 0.29) is 24.3 Å². The third-order valence-electron chi connectivity index (χ3n) is 6.18. The van der Waals surface area contributed by atoms with Gasteiger partial charge in [0.1, 0.15) is 6.54 Å². The topological polar surface area (TPSA) is 83.4 Å². The summed E-state index contributed by atoms with van der Waals surface area (Å²) in [6.07, 6.45) is 8.29. The molecule has 0 atom stereocenters. The molecule has 0 aliphatic heterocycles. The molecule has 1 aromatic heterocycles. The van der Waals surface area contributed by atoms with Crippen molar-refractivity contribution in [2.24, 2.45) is 5.92 Å². The first-order chi connectivity index (χ1) is 15.0. The first-order valence-electron chi connectivity index (χ1n) is 11.4. The summed E-state index contributed by atoms with van der Waals surface area (Å²) < 4.78 is 1.92. The highest BCUT2D eigenvalue weighted by molar-refractivity contribution is 5.96. The number of rotatable bonds is 10. The molecule has 1 aliphatic carbocycles. The van der Waals surface area contributed by atoms with Gasteiger partial charge in [0, 0.05) is 42.3 Å². The van der Waals surface area contributed by atoms with Crippen molar-refractivity contribution in [3.8, 4) is 0 Å². The van der Waals surface area contributed by atoms with Crippen molar-refractivity contribution in [1.82, 2.24) is 14.8 Å². The molecule has 1 aliphatic rings. The Morgan fingerprint density at radius 1 is 1.06 bits per heavy atom. The van der Waals surface area contributed by atoms with Gasteiger partial charge < -0.3 is 20.1 Å². The van der Waals surface area contributed by atoms with Crippen LogP contribution in [0.25, 0.3) is 10.9 Å². The van der Waals surface area contributed by atoms with E-state index in [4.69, 9.17) is 0 Å². The molecule has 3 amide bonds. The number of likely N-dealkylation sites (N-methyl/N-ethyl adjacent to an activating group) is 1. The van der Waals surface area contributed by atoms with E-state index in [0.717, 1.165) is 17.3 Å². The van der Waals surface area contributed by atoms with Gasteiger partial charge in [-0.05, 0) is 50.5 Å². The number of hydrogen-bond acceptors (Lipinski definition) is 3. The van der Waals surface area contributed by atoms with Gasteiger partial charge in [0.05, 0.1) is 6.54 Å². The van der Waals surface area contributed by atoms with E-state index in [0.29, 0.717) is 37.7 Å². The second kappa shape index (κ2) is 11.0. The highest BCUT2D eigenvalue weighted by Crippen LogP contribution is 2.28. The summed E-state index contributed by atoms with van der Waals surface area (Å²) in [6.45, 7) is 5.61. The predicted octanol–water partition coefficient (Wildman–Crippen LogP) is 3.53. The highest BCUT2D eigenvalue weighted by atomic mass is 16.2. The maximum Gasteiger partial charge on any atom is 0.243 e. The normalized spacial score (nSPS) is 14.0. The zero-order valence-electron chi connectivity index (χ0n) is 18.7. The van der Waals surface area contributed by atoms with E-state index in [1.807, 2.05) is 53.8 Å². The van der Waals surface area contributed by atoms with Crippen molar-refractivity contribution in [3.63, 3.8) is 0 Å². The van der Waals surface area contributed by atoms with Crippen molar-refractivity contribution in [1.29, 1.82) is 0 Å². The zero-order chi connectivity index (χ0) is 22.2. The van der Waals surface area contributed by atoms with Crippen LogP contribution in [0.2, 0.25) is 0 Å². The first kappa shape index (κ1) is 22.8. The monoisotopic (exact) mass is 426 g/mol. The summed E-state index contributed by atoms with van der Waals surface area (Å²) in [4.78, 5) is 38.4. The van der Waals surface area contributed by atoms with Gasteiger partial charge in [-0.1, -0.05) is 25.7 Å². The van der Waals surface area contributed by atoms with E-state index < -0.39 is 0 Å². The molecule has 1 fully saturated rings. The lowest BCUT2D eigenvalue weighted by Gasteiger charge is -2.19. The van der Waals surface area contributed by atoms with Crippen LogP contribution in [0.15, 0.2) is 30.5 Å². The lowest BCUT2D eigenvalue weighted by Crippen LogP contribution is -2.33. The van der Waals surface area contributed by atoms with Gasteiger partial charge in [0.25, 0.3) is 0 Å². The zero-order valence-corrected chi connectivity index (χ0v) is 18.7. The van der Waals surface area contributed by atoms with Crippen LogP contribution in [0.4, 0.5) is 5.69 Å². The van der Waals surface area contributed by atoms with Gasteiger partial charge in [-0.3, -0.25) is 14.4 Å². The van der Waals surface area contributed by atoms with Crippen molar-refractivity contribution >= 4 is 34.3 Å². The molecule has 3 rings (SSSR count). The van der Waals surface area contributed by atoms with Crippen LogP contribution in [-0.2, 0) is 20.9 Å². The predicted molar refractivity (Wildman–Crippen MR) is 123 cm³/mol. The molecule has 2 aromatic rings. The van der Waals surface area contributed by atoms with Crippen LogP contribution in [0.5, 0.6) is 0 Å². The quantitative estimate of drug-likeness (QED) is 0.610. The Kier molecular flexibility index (Phi) is 8.09. The van der Waals surface area contributed by atoms with E-state index in [2.05, 4.69) is 10.6 Å². The standard InChI is InChI=1S/C24H34N4O3/c1-3-27(4-2)24(31)17-28-14-13-19-15-20(10-11-21(19)28)26-23(30)16-25-22(29)12-9-18-7-5-6-8-18/h10-11,13-15,18H,3-9,12,16-17H2,1-2H3,(H,25,29)(H,26,30). The van der Waals surface area contributed by atoms with Crippen LogP contribution in [0, 0.1) is 5.92 Å². The van der Waals surface area contributed by atoms with Crippen molar-refractivity contribution in [2.45, 2.75) is 58.9 Å². The molecule has 0 unspecified atom stereocenters. The average Bonchev–Trinajstić information content (AvgIpc) is 3.42. The summed E-state index contributed by atoms with van der Waals surface area (Å²) in [5.74, 6) is 0.446. The third-order valence-corrected chi connectivity index (χ3v) is 6.18. The Hall–Kier alpha value is -2.83. The second-order valence-electron chi connectivity index (χ2n) is 8.30. The number of hydrogen-bond donors (Lipinski definition) is 2. The van der Waals surface area contributed by atoms with Gasteiger partial charge in [0.2, 0.25) is 17.7 Å². The molecule has 1 aromatic carbocycles. The maximum atomic E-state index is 12.4. The number of nitrogens with one attached hydrogen (secondary N) is 2. The van der Waals surface area contributed by atoms with Crippen LogP contribution in [0.1, 0.15) is 52.4 Å². The second-order valence-corrected chi connectivity index (χ2v) is 8.30. The molecular formula is C24H34N4O3. The number of nitrogens with zero attached hydrogens (tertiary/aromatic N) is 2. The van der Waals surface area contributed by atoms with E-state index in [1.54, 1.807) is 0 Å². The minimum absolute atomic E-state index is 0.0269. The van der Waals surface area contributed by atoms with Crippen LogP contribution in [-0.4, -0.2) is 46.8 Å². The fourth-order valence-corrected chi connectivity index (χ4v) is 4.34. The lowest BCUT2D eigenvalue weighted by atomic mass is 10.0. The average molecular weight is 427 g/mol. The van der Waals surface area contributed by atoms with E-state index >= 15 is 0 Å². The molecule has 0 spiro atoms. The van der Waals surface area contributed by atoms with Gasteiger partial charge in [0.15, 0.2) is 0 Å². The van der Waals surface area contributed by atoms with Gasteiger partial charge in [-0.25, -0.2) is 0 Å². The molecule has 0 saturated heterocycles. The Balaban J connectivity index is 1.49. The minimum atomic E-state index is -0.246. The number of benzene rings is 1. The Labute approximate surface area is 184 Å². The number of aromatic nitrogens is 1. The van der Waals surface area contributed by atoms with Crippen molar-refractivity contribution in [3.05, 3.63) is 30.5 Å². The van der Waals surface area contributed by atoms with Gasteiger partial charge in [-0.2, -0.15) is 0 Å². The van der Waals surface area contributed by atoms with Crippen LogP contribution < -0.4 is 10.6 Å². The van der Waals surface area contributed by atoms with Gasteiger partial charge in [-0.15, -0.1) is 0 Å². The Morgan fingerprint density at radius 3 is 2.52 bits per heavy atom. The smallest absolute Gasteiger partial charge is 0.243 e. The number of anilines is 1. The Morgan fingerprint density at radius 2 is 1.81 bits per heavy atom. The fourth-order valence-electron chi connectivity index (χ4n) is 4.34. The van der Waals surface area contributed by atoms with E-state index in [9.17, 15) is 14.4 Å². The van der Waals surface area contributed by atoms with Crippen molar-refractivity contribution in [2.75, 3.05) is 25.0 Å². The lowest BCUT2D eigenvalue weighted by molar-refractivity contribution is -0.131. The molecule has 0 radical (unpaired) electrons. The molecular weight excluding hydrogens is 392 g/mol. The summed E-state index contributed by atoms with van der Waals surface area (Å²) >= 11 is 0. The molecule has 0 bridgehead atoms. The molecule has 31 heavy (non-hydrogen) atoms. The molecule has 2 N–H and O–H groups in total. The fraction of sp³-hybridized carbons (Fsp3) is 0.542. The summed E-state index contributed by atoms with van der Waals surface area (Å²) in [5, 5.41) is 6.50. The minimum Gasteiger partial charge on any atom is -0.347 e. The largest absolute Gasteiger partial charge is 0.347 e. The van der Waals surface area contributed by atoms with Crippen molar-refractivity contribution < 1.29 is 14.4 Å². The number of amides is 3. The maximum absolute atomic E-state index is 12.4. The molecule has 7 heteroatoms. The first-order valence-corrected chi connectivity index (χ1v) is 11.4. The molecule has 168 valence electrons. The summed E-state index contributed by atoms with van der Waals surface area (Å²) in [6, 6.07) is 7.54. The van der Waals surface area contributed by atoms with Crippen LogP contribution >= 0.6 is 0 Å². The van der Waals surface area contributed by atoms with E-state index in [1.165, 1.54) is 25.7 Å². The number of fused-ring (bicyclic) bond motifs is 1. The number of carbonyl (C=O) groups is 3. The highest BCUT2D eigenvalue weighted by Gasteiger charge is 2.16. The van der Waals surface area contributed by atoms with Crippen LogP contribution in [0.3, 0.4) is 0 Å². The summed E-state index contributed by atoms with van der Waals surface area (Å²) in [5.41, 5.74) is 1.62. The Bertz CT molecular complexity index is 911. The molecule has 7 nitrogen and oxygen atoms in total. The molecule has 1 heterocycles. The number of carbonyl (C=O) groups excluding carboxylic acids is 3.